The molecule has 1 aliphatic heterocycles. The molecule has 0 saturated heterocycles. The van der Waals surface area contributed by atoms with E-state index < -0.39 is 0 Å². The second kappa shape index (κ2) is 3.67. The Balaban J connectivity index is 2.57. The fourth-order valence-corrected chi connectivity index (χ4v) is 1.93. The molecule has 1 aromatic rings. The summed E-state index contributed by atoms with van der Waals surface area (Å²) in [6.07, 6.45) is 0.792. The van der Waals surface area contributed by atoms with Crippen LogP contribution in [-0.4, -0.2) is 13.7 Å². The summed E-state index contributed by atoms with van der Waals surface area (Å²) in [5.41, 5.74) is 6.81. The van der Waals surface area contributed by atoms with Crippen LogP contribution < -0.4 is 15.2 Å². The summed E-state index contributed by atoms with van der Waals surface area (Å²) in [5, 5.41) is 0.646. The molecule has 0 aromatic heterocycles. The fraction of sp³-hybridized carbons (Fsp3) is 0.400. The number of rotatable bonds is 1. The third kappa shape index (κ3) is 1.42. The molecule has 0 fully saturated rings. The zero-order valence-electron chi connectivity index (χ0n) is 7.92. The maximum atomic E-state index is 6.05. The van der Waals surface area contributed by atoms with Crippen molar-refractivity contribution in [3.05, 3.63) is 22.7 Å². The van der Waals surface area contributed by atoms with Gasteiger partial charge in [-0.2, -0.15) is 0 Å². The highest BCUT2D eigenvalue weighted by molar-refractivity contribution is 6.31. The Morgan fingerprint density at radius 1 is 1.57 bits per heavy atom. The Bertz CT molecular complexity index is 354. The molecule has 0 radical (unpaired) electrons. The van der Waals surface area contributed by atoms with Crippen LogP contribution in [0.15, 0.2) is 12.1 Å². The van der Waals surface area contributed by atoms with Gasteiger partial charge in [0.15, 0.2) is 11.5 Å². The van der Waals surface area contributed by atoms with E-state index in [1.54, 1.807) is 19.2 Å². The second-order valence-corrected chi connectivity index (χ2v) is 3.64. The van der Waals surface area contributed by atoms with Gasteiger partial charge in [0.1, 0.15) is 0 Å². The van der Waals surface area contributed by atoms with E-state index in [9.17, 15) is 0 Å². The van der Waals surface area contributed by atoms with E-state index in [0.29, 0.717) is 23.1 Å². The Hall–Kier alpha value is -0.930. The third-order valence-electron chi connectivity index (χ3n) is 2.37. The molecule has 3 nitrogen and oxygen atoms in total. The van der Waals surface area contributed by atoms with Crippen LogP contribution in [0.1, 0.15) is 18.0 Å². The van der Waals surface area contributed by atoms with E-state index in [-0.39, 0.29) is 6.04 Å². The van der Waals surface area contributed by atoms with E-state index in [4.69, 9.17) is 26.8 Å². The molecular weight excluding hydrogens is 202 g/mol. The summed E-state index contributed by atoms with van der Waals surface area (Å²) in [6.45, 7) is 0.616. The fourth-order valence-electron chi connectivity index (χ4n) is 1.64. The van der Waals surface area contributed by atoms with Crippen LogP contribution in [0.5, 0.6) is 11.5 Å². The number of benzene rings is 1. The Labute approximate surface area is 87.8 Å². The first-order chi connectivity index (χ1) is 6.74. The molecule has 0 spiro atoms. The minimum absolute atomic E-state index is 0.0543. The van der Waals surface area contributed by atoms with Gasteiger partial charge in [0.05, 0.1) is 13.7 Å². The van der Waals surface area contributed by atoms with Crippen LogP contribution in [0.2, 0.25) is 5.02 Å². The predicted molar refractivity (Wildman–Crippen MR) is 55.0 cm³/mol. The molecule has 1 atom stereocenters. The van der Waals surface area contributed by atoms with E-state index in [1.165, 1.54) is 0 Å². The summed E-state index contributed by atoms with van der Waals surface area (Å²) in [7, 11) is 1.60. The number of hydrogen-bond donors (Lipinski definition) is 1. The highest BCUT2D eigenvalue weighted by atomic mass is 35.5. The van der Waals surface area contributed by atoms with E-state index in [0.717, 1.165) is 12.0 Å². The number of fused-ring (bicyclic) bond motifs is 1. The molecule has 0 saturated carbocycles. The van der Waals surface area contributed by atoms with Gasteiger partial charge in [-0.25, -0.2) is 0 Å². The Morgan fingerprint density at radius 3 is 3.07 bits per heavy atom. The van der Waals surface area contributed by atoms with Gasteiger partial charge in [-0.1, -0.05) is 11.6 Å². The highest BCUT2D eigenvalue weighted by Crippen LogP contribution is 2.42. The van der Waals surface area contributed by atoms with E-state index >= 15 is 0 Å². The highest BCUT2D eigenvalue weighted by Gasteiger charge is 2.24. The van der Waals surface area contributed by atoms with Crippen molar-refractivity contribution in [2.45, 2.75) is 12.5 Å². The standard InChI is InChI=1S/C10H12ClNO2/c1-13-8-3-2-6(11)9-7(12)4-5-14-10(8)9/h2-3,7H,4-5,12H2,1H3/t7-/m0/s1. The van der Waals surface area contributed by atoms with E-state index in [1.807, 2.05) is 0 Å². The molecule has 0 bridgehead atoms. The average molecular weight is 214 g/mol. The van der Waals surface area contributed by atoms with Crippen molar-refractivity contribution in [1.82, 2.24) is 0 Å². The molecule has 4 heteroatoms. The molecule has 76 valence electrons. The lowest BCUT2D eigenvalue weighted by molar-refractivity contribution is 0.253. The largest absolute Gasteiger partial charge is 0.493 e. The van der Waals surface area contributed by atoms with Gasteiger partial charge in [-0.05, 0) is 12.1 Å². The topological polar surface area (TPSA) is 44.5 Å². The molecule has 1 aromatic carbocycles. The molecule has 2 N–H and O–H groups in total. The molecule has 14 heavy (non-hydrogen) atoms. The molecular formula is C10H12ClNO2. The molecule has 2 rings (SSSR count). The van der Waals surface area contributed by atoms with E-state index in [2.05, 4.69) is 0 Å². The molecule has 0 amide bonds. The van der Waals surface area contributed by atoms with Crippen molar-refractivity contribution in [1.29, 1.82) is 0 Å². The summed E-state index contributed by atoms with van der Waals surface area (Å²) in [4.78, 5) is 0. The normalized spacial score (nSPS) is 19.8. The molecule has 0 unspecified atom stereocenters. The first-order valence-corrected chi connectivity index (χ1v) is 4.86. The van der Waals surface area contributed by atoms with Crippen molar-refractivity contribution in [2.24, 2.45) is 5.73 Å². The first kappa shape index (κ1) is 9.62. The van der Waals surface area contributed by atoms with Crippen molar-refractivity contribution in [3.63, 3.8) is 0 Å². The summed E-state index contributed by atoms with van der Waals surface area (Å²) >= 11 is 6.05. The number of halogens is 1. The van der Waals surface area contributed by atoms with Crippen molar-refractivity contribution < 1.29 is 9.47 Å². The number of hydrogen-bond acceptors (Lipinski definition) is 3. The summed E-state index contributed by atoms with van der Waals surface area (Å²) < 4.78 is 10.7. The molecule has 1 heterocycles. The number of methoxy groups -OCH3 is 1. The SMILES string of the molecule is COc1ccc(Cl)c2c1OCC[C@@H]2N. The maximum Gasteiger partial charge on any atom is 0.167 e. The van der Waals surface area contributed by atoms with Gasteiger partial charge >= 0.3 is 0 Å². The van der Waals surface area contributed by atoms with Crippen molar-refractivity contribution in [2.75, 3.05) is 13.7 Å². The Morgan fingerprint density at radius 2 is 2.36 bits per heavy atom. The molecule has 1 aliphatic rings. The average Bonchev–Trinajstić information content (AvgIpc) is 2.18. The zero-order chi connectivity index (χ0) is 10.1. The monoisotopic (exact) mass is 213 g/mol. The van der Waals surface area contributed by atoms with Gasteiger partial charge in [0.25, 0.3) is 0 Å². The number of ether oxygens (including phenoxy) is 2. The zero-order valence-corrected chi connectivity index (χ0v) is 8.67. The quantitative estimate of drug-likeness (QED) is 0.777. The van der Waals surface area contributed by atoms with Crippen LogP contribution in [0.25, 0.3) is 0 Å². The third-order valence-corrected chi connectivity index (χ3v) is 2.70. The van der Waals surface area contributed by atoms with Gasteiger partial charge in [0, 0.05) is 23.0 Å². The lowest BCUT2D eigenvalue weighted by atomic mass is 10.0. The molecule has 0 aliphatic carbocycles. The van der Waals surface area contributed by atoms with Gasteiger partial charge in [-0.3, -0.25) is 0 Å². The van der Waals surface area contributed by atoms with Crippen molar-refractivity contribution >= 4 is 11.6 Å². The minimum Gasteiger partial charge on any atom is -0.493 e. The van der Waals surface area contributed by atoms with Crippen molar-refractivity contribution in [3.8, 4) is 11.5 Å². The predicted octanol–water partition coefficient (Wildman–Crippen LogP) is 2.13. The van der Waals surface area contributed by atoms with Crippen LogP contribution in [0.3, 0.4) is 0 Å². The lowest BCUT2D eigenvalue weighted by Crippen LogP contribution is -2.21. The van der Waals surface area contributed by atoms with Gasteiger partial charge in [-0.15, -0.1) is 0 Å². The second-order valence-electron chi connectivity index (χ2n) is 3.24. The lowest BCUT2D eigenvalue weighted by Gasteiger charge is -2.25. The van der Waals surface area contributed by atoms with Crippen LogP contribution in [-0.2, 0) is 0 Å². The number of nitrogens with two attached hydrogens (primary N) is 1. The van der Waals surface area contributed by atoms with Gasteiger partial charge < -0.3 is 15.2 Å². The van der Waals surface area contributed by atoms with Crippen LogP contribution >= 0.6 is 11.6 Å². The summed E-state index contributed by atoms with van der Waals surface area (Å²) in [5.74, 6) is 1.39. The Kier molecular flexibility index (Phi) is 2.52. The van der Waals surface area contributed by atoms with Crippen LogP contribution in [0, 0.1) is 0 Å². The smallest absolute Gasteiger partial charge is 0.167 e. The van der Waals surface area contributed by atoms with Crippen LogP contribution in [0.4, 0.5) is 0 Å². The summed E-state index contributed by atoms with van der Waals surface area (Å²) in [6, 6.07) is 3.52. The first-order valence-electron chi connectivity index (χ1n) is 4.49. The maximum absolute atomic E-state index is 6.05. The van der Waals surface area contributed by atoms with Gasteiger partial charge in [0.2, 0.25) is 0 Å². The minimum atomic E-state index is -0.0543.